The molecule has 7 nitrogen and oxygen atoms in total. The van der Waals surface area contributed by atoms with Crippen LogP contribution >= 0.6 is 0 Å². The van der Waals surface area contributed by atoms with Crippen LogP contribution in [0.25, 0.3) is 10.8 Å². The number of pyridine rings is 1. The second-order valence-corrected chi connectivity index (χ2v) is 9.33. The van der Waals surface area contributed by atoms with Crippen LogP contribution in [0.2, 0.25) is 0 Å². The van der Waals surface area contributed by atoms with Crippen LogP contribution in [0.15, 0.2) is 72.2 Å². The van der Waals surface area contributed by atoms with E-state index in [9.17, 15) is 22.4 Å². The number of amides is 1. The number of fused-ring (bicyclic) bond motifs is 2. The molecule has 194 valence electrons. The Hall–Kier alpha value is -4.25. The first kappa shape index (κ1) is 24.1. The van der Waals surface area contributed by atoms with Gasteiger partial charge in [0, 0.05) is 35.2 Å². The van der Waals surface area contributed by atoms with Gasteiger partial charge in [-0.05, 0) is 48.2 Å². The zero-order valence-corrected chi connectivity index (χ0v) is 20.0. The normalized spacial score (nSPS) is 17.7. The van der Waals surface area contributed by atoms with Crippen LogP contribution < -0.4 is 10.6 Å². The minimum absolute atomic E-state index is 0.0598. The van der Waals surface area contributed by atoms with Gasteiger partial charge in [0.1, 0.15) is 17.7 Å². The average molecular weight is 523 g/mol. The van der Waals surface area contributed by atoms with Crippen molar-refractivity contribution < 1.29 is 27.1 Å². The number of rotatable bonds is 4. The minimum Gasteiger partial charge on any atom is -0.380 e. The molecule has 0 radical (unpaired) electrons. The average Bonchev–Trinajstić information content (AvgIpc) is 3.23. The van der Waals surface area contributed by atoms with Crippen LogP contribution in [0.1, 0.15) is 35.7 Å². The quantitative estimate of drug-likeness (QED) is 0.339. The smallest absolute Gasteiger partial charge is 0.380 e. The van der Waals surface area contributed by atoms with Gasteiger partial charge in [-0.2, -0.15) is 18.3 Å². The number of halogens is 4. The molecular formula is C27H21F4N5O2. The first-order chi connectivity index (χ1) is 18.2. The summed E-state index contributed by atoms with van der Waals surface area (Å²) in [6, 6.07) is 10.7. The molecule has 2 N–H and O–H groups in total. The van der Waals surface area contributed by atoms with Crippen LogP contribution in [-0.4, -0.2) is 33.9 Å². The highest BCUT2D eigenvalue weighted by Gasteiger charge is 2.38. The van der Waals surface area contributed by atoms with Crippen molar-refractivity contribution in [2.75, 3.05) is 23.8 Å². The summed E-state index contributed by atoms with van der Waals surface area (Å²) in [6.07, 6.45) is -1.49. The Morgan fingerprint density at radius 3 is 2.63 bits per heavy atom. The van der Waals surface area contributed by atoms with Crippen molar-refractivity contribution in [3.8, 4) is 0 Å². The first-order valence-corrected chi connectivity index (χ1v) is 11.9. The molecular weight excluding hydrogens is 502 g/mol. The number of ether oxygens (including phenoxy) is 1. The molecule has 2 aliphatic heterocycles. The molecule has 1 atom stereocenters. The molecule has 6 rings (SSSR count). The molecule has 4 heterocycles. The van der Waals surface area contributed by atoms with Crippen LogP contribution in [-0.2, 0) is 15.7 Å². The number of carbonyl (C=O) groups excluding carboxylic acids is 1. The lowest BCUT2D eigenvalue weighted by atomic mass is 9.93. The summed E-state index contributed by atoms with van der Waals surface area (Å²) >= 11 is 0. The molecule has 11 heteroatoms. The van der Waals surface area contributed by atoms with E-state index in [2.05, 4.69) is 20.7 Å². The molecule has 0 spiro atoms. The molecule has 0 aliphatic carbocycles. The SMILES string of the molecule is CC1=C(C(=O)Nc2ccc3cnccc3c2)C(c2ccc(C(F)(F)F)c(F)c2)n2nc(C3COC3)cc2N1. The predicted molar refractivity (Wildman–Crippen MR) is 132 cm³/mol. The summed E-state index contributed by atoms with van der Waals surface area (Å²) in [5, 5.41) is 12.5. The third-order valence-electron chi connectivity index (χ3n) is 6.81. The maximum absolute atomic E-state index is 14.7. The molecule has 2 aromatic carbocycles. The summed E-state index contributed by atoms with van der Waals surface area (Å²) in [5.41, 5.74) is 0.693. The number of nitrogens with one attached hydrogen (secondary N) is 2. The van der Waals surface area contributed by atoms with Crippen molar-refractivity contribution in [3.63, 3.8) is 0 Å². The van der Waals surface area contributed by atoms with Crippen molar-refractivity contribution in [1.82, 2.24) is 14.8 Å². The van der Waals surface area contributed by atoms with E-state index in [-0.39, 0.29) is 17.1 Å². The van der Waals surface area contributed by atoms with Crippen molar-refractivity contribution >= 4 is 28.2 Å². The molecule has 1 amide bonds. The number of benzene rings is 2. The second-order valence-electron chi connectivity index (χ2n) is 9.33. The van der Waals surface area contributed by atoms with E-state index in [1.54, 1.807) is 31.5 Å². The number of alkyl halides is 3. The molecule has 2 aromatic heterocycles. The Bertz CT molecular complexity index is 1610. The Morgan fingerprint density at radius 2 is 1.92 bits per heavy atom. The molecule has 4 aromatic rings. The van der Waals surface area contributed by atoms with Crippen molar-refractivity contribution in [1.29, 1.82) is 0 Å². The molecule has 1 unspecified atom stereocenters. The van der Waals surface area contributed by atoms with Gasteiger partial charge in [-0.15, -0.1) is 0 Å². The molecule has 1 fully saturated rings. The number of anilines is 2. The third-order valence-corrected chi connectivity index (χ3v) is 6.81. The second kappa shape index (κ2) is 8.95. The van der Waals surface area contributed by atoms with E-state index in [1.807, 2.05) is 18.2 Å². The van der Waals surface area contributed by atoms with E-state index in [0.29, 0.717) is 42.2 Å². The van der Waals surface area contributed by atoms with E-state index >= 15 is 0 Å². The Balaban J connectivity index is 1.42. The highest BCUT2D eigenvalue weighted by Crippen LogP contribution is 2.40. The summed E-state index contributed by atoms with van der Waals surface area (Å²) in [6.45, 7) is 2.68. The Labute approximate surface area is 214 Å². The van der Waals surface area contributed by atoms with Gasteiger partial charge >= 0.3 is 6.18 Å². The van der Waals surface area contributed by atoms with Crippen molar-refractivity contribution in [2.45, 2.75) is 25.1 Å². The van der Waals surface area contributed by atoms with E-state index in [4.69, 9.17) is 4.74 Å². The Morgan fingerprint density at radius 1 is 1.11 bits per heavy atom. The van der Waals surface area contributed by atoms with Gasteiger partial charge in [-0.3, -0.25) is 9.78 Å². The van der Waals surface area contributed by atoms with Gasteiger partial charge in [0.05, 0.1) is 36.0 Å². The fraction of sp³-hybridized carbons (Fsp3) is 0.222. The maximum atomic E-state index is 14.7. The molecule has 38 heavy (non-hydrogen) atoms. The molecule has 0 bridgehead atoms. The van der Waals surface area contributed by atoms with Crippen LogP contribution in [0, 0.1) is 5.82 Å². The van der Waals surface area contributed by atoms with Crippen LogP contribution in [0.4, 0.5) is 29.1 Å². The summed E-state index contributed by atoms with van der Waals surface area (Å²) in [4.78, 5) is 17.8. The zero-order chi connectivity index (χ0) is 26.6. The van der Waals surface area contributed by atoms with Gasteiger partial charge in [-0.25, -0.2) is 9.07 Å². The molecule has 0 saturated carbocycles. The summed E-state index contributed by atoms with van der Waals surface area (Å²) in [5.74, 6) is -1.31. The number of hydrogen-bond donors (Lipinski definition) is 2. The lowest BCUT2D eigenvalue weighted by molar-refractivity contribution is -0.140. The zero-order valence-electron chi connectivity index (χ0n) is 20.0. The molecule has 1 saturated heterocycles. The van der Waals surface area contributed by atoms with Crippen LogP contribution in [0.5, 0.6) is 0 Å². The Kier molecular flexibility index (Phi) is 5.68. The number of allylic oxidation sites excluding steroid dienone is 1. The highest BCUT2D eigenvalue weighted by atomic mass is 19.4. The lowest BCUT2D eigenvalue weighted by Crippen LogP contribution is -2.32. The first-order valence-electron chi connectivity index (χ1n) is 11.9. The van der Waals surface area contributed by atoms with Gasteiger partial charge < -0.3 is 15.4 Å². The fourth-order valence-corrected chi connectivity index (χ4v) is 4.79. The highest BCUT2D eigenvalue weighted by molar-refractivity contribution is 6.06. The number of carbonyl (C=O) groups is 1. The number of nitrogens with zero attached hydrogens (tertiary/aromatic N) is 3. The topological polar surface area (TPSA) is 81.1 Å². The van der Waals surface area contributed by atoms with E-state index < -0.39 is 29.5 Å². The van der Waals surface area contributed by atoms with E-state index in [0.717, 1.165) is 16.8 Å². The fourth-order valence-electron chi connectivity index (χ4n) is 4.79. The van der Waals surface area contributed by atoms with Gasteiger partial charge in [0.15, 0.2) is 0 Å². The standard InChI is InChI=1S/C27H21F4N5O2/c1-14-24(26(37)34-19-4-2-17-11-32-7-6-15(17)8-19)25(16-3-5-20(21(28)9-16)27(29,30)31)36-23(33-14)10-22(35-36)18-12-38-13-18/h2-11,18,25,33H,12-13H2,1H3,(H,34,37). The third kappa shape index (κ3) is 4.18. The van der Waals surface area contributed by atoms with Crippen molar-refractivity contribution in [3.05, 3.63) is 94.8 Å². The summed E-state index contributed by atoms with van der Waals surface area (Å²) in [7, 11) is 0. The molecule has 2 aliphatic rings. The lowest BCUT2D eigenvalue weighted by Gasteiger charge is -2.30. The largest absolute Gasteiger partial charge is 0.419 e. The minimum atomic E-state index is -4.84. The van der Waals surface area contributed by atoms with Gasteiger partial charge in [-0.1, -0.05) is 12.1 Å². The van der Waals surface area contributed by atoms with Gasteiger partial charge in [0.2, 0.25) is 0 Å². The number of hydrogen-bond acceptors (Lipinski definition) is 5. The number of aromatic nitrogens is 3. The summed E-state index contributed by atoms with van der Waals surface area (Å²) < 4.78 is 61.3. The predicted octanol–water partition coefficient (Wildman–Crippen LogP) is 5.63. The maximum Gasteiger partial charge on any atom is 0.419 e. The van der Waals surface area contributed by atoms with Crippen LogP contribution in [0.3, 0.4) is 0 Å². The van der Waals surface area contributed by atoms with Gasteiger partial charge in [0.25, 0.3) is 5.91 Å². The monoisotopic (exact) mass is 523 g/mol. The van der Waals surface area contributed by atoms with Crippen molar-refractivity contribution in [2.24, 2.45) is 0 Å². The van der Waals surface area contributed by atoms with E-state index in [1.165, 1.54) is 10.7 Å².